The summed E-state index contributed by atoms with van der Waals surface area (Å²) in [6.45, 7) is -10.9. The highest BCUT2D eigenvalue weighted by Crippen LogP contribution is 2.34. The minimum Gasteiger partial charge on any atom is -0.494 e. The summed E-state index contributed by atoms with van der Waals surface area (Å²) in [6.07, 6.45) is -0.274. The minimum atomic E-state index is -3.46. The molecule has 0 bridgehead atoms. The number of carbonyl (C=O) groups is 1. The van der Waals surface area contributed by atoms with Crippen LogP contribution in [0.5, 0.6) is 5.75 Å². The Morgan fingerprint density at radius 1 is 1.48 bits per heavy atom. The third-order valence-corrected chi connectivity index (χ3v) is 4.38. The molecule has 0 unspecified atom stereocenters. The van der Waals surface area contributed by atoms with E-state index in [2.05, 4.69) is 10.3 Å². The lowest BCUT2D eigenvalue weighted by Crippen LogP contribution is -2.11. The molecular formula is C26H27FN4O2. The van der Waals surface area contributed by atoms with Crippen molar-refractivity contribution in [3.05, 3.63) is 71.1 Å². The van der Waals surface area contributed by atoms with E-state index in [9.17, 15) is 14.4 Å². The molecule has 0 fully saturated rings. The summed E-state index contributed by atoms with van der Waals surface area (Å²) >= 11 is 0. The molecule has 1 aromatic heterocycles. The molecule has 1 heterocycles. The van der Waals surface area contributed by atoms with Gasteiger partial charge in [0.15, 0.2) is 5.78 Å². The van der Waals surface area contributed by atoms with Gasteiger partial charge in [0.2, 0.25) is 0 Å². The number of allylic oxidation sites excluding steroid dienone is 1. The summed E-state index contributed by atoms with van der Waals surface area (Å²) in [4.78, 5) is 17.4. The molecule has 6 nitrogen and oxygen atoms in total. The van der Waals surface area contributed by atoms with Crippen molar-refractivity contribution in [1.29, 1.82) is 5.26 Å². The van der Waals surface area contributed by atoms with E-state index in [0.29, 0.717) is 17.1 Å². The van der Waals surface area contributed by atoms with E-state index < -0.39 is 85.6 Å². The van der Waals surface area contributed by atoms with Gasteiger partial charge in [0.25, 0.3) is 0 Å². The molecule has 33 heavy (non-hydrogen) atoms. The van der Waals surface area contributed by atoms with Crippen LogP contribution >= 0.6 is 0 Å². The number of ether oxygens (including phenoxy) is 1. The Morgan fingerprint density at radius 2 is 2.33 bits per heavy atom. The van der Waals surface area contributed by atoms with Gasteiger partial charge in [-0.05, 0) is 63.7 Å². The number of pyridine rings is 1. The lowest BCUT2D eigenvalue weighted by Gasteiger charge is -2.15. The number of halogens is 1. The number of rotatable bonds is 9. The van der Waals surface area contributed by atoms with E-state index in [1.807, 2.05) is 0 Å². The summed E-state index contributed by atoms with van der Waals surface area (Å²) in [5.74, 6) is -2.41. The smallest absolute Gasteiger partial charge is 0.159 e. The Balaban J connectivity index is 2.34. The van der Waals surface area contributed by atoms with E-state index in [1.54, 1.807) is 6.07 Å². The minimum absolute atomic E-state index is 0.199. The summed E-state index contributed by atoms with van der Waals surface area (Å²) in [5, 5.41) is 12.4. The average molecular weight is 460 g/mol. The number of hydrogen-bond acceptors (Lipinski definition) is 6. The van der Waals surface area contributed by atoms with E-state index in [4.69, 9.17) is 22.6 Å². The van der Waals surface area contributed by atoms with Crippen LogP contribution in [0.2, 0.25) is 0 Å². The van der Waals surface area contributed by atoms with Crippen LogP contribution in [-0.4, -0.2) is 42.7 Å². The fourth-order valence-electron chi connectivity index (χ4n) is 2.88. The number of fused-ring (bicyclic) bond motifs is 1. The summed E-state index contributed by atoms with van der Waals surface area (Å²) in [6, 6.07) is 4.03. The molecule has 7 heteroatoms. The largest absolute Gasteiger partial charge is 0.494 e. The van der Waals surface area contributed by atoms with E-state index in [0.717, 1.165) is 13.1 Å². The molecule has 170 valence electrons. The summed E-state index contributed by atoms with van der Waals surface area (Å²) < 4.78 is 122. The first-order chi connectivity index (χ1) is 20.9. The number of carbonyl (C=O) groups excluding carboxylic acids is 1. The normalized spacial score (nSPS) is 18.6. The van der Waals surface area contributed by atoms with Crippen molar-refractivity contribution in [1.82, 2.24) is 9.88 Å². The van der Waals surface area contributed by atoms with Crippen molar-refractivity contribution < 1.29 is 31.7 Å². The monoisotopic (exact) mass is 459 g/mol. The second-order valence-corrected chi connectivity index (χ2v) is 6.82. The average Bonchev–Trinajstić information content (AvgIpc) is 2.92. The van der Waals surface area contributed by atoms with Gasteiger partial charge < -0.3 is 15.0 Å². The first kappa shape index (κ1) is 11.9. The molecule has 0 saturated heterocycles. The molecule has 3 aromatic rings. The number of likely N-dealkylation sites (N-methyl/N-ethyl adjacent to an activating group) is 1. The molecule has 1 N–H and O–H groups in total. The molecule has 0 spiro atoms. The first-order valence-electron chi connectivity index (χ1n) is 16.0. The van der Waals surface area contributed by atoms with Gasteiger partial charge in [-0.25, -0.2) is 4.39 Å². The van der Waals surface area contributed by atoms with Crippen molar-refractivity contribution in [3.8, 4) is 11.8 Å². The van der Waals surface area contributed by atoms with E-state index in [-0.39, 0.29) is 22.3 Å². The maximum atomic E-state index is 13.9. The third-order valence-electron chi connectivity index (χ3n) is 4.38. The Morgan fingerprint density at radius 3 is 3.06 bits per heavy atom. The van der Waals surface area contributed by atoms with Crippen LogP contribution in [0.1, 0.15) is 41.4 Å². The summed E-state index contributed by atoms with van der Waals surface area (Å²) in [5.41, 5.74) is -1.29. The molecule has 0 aliphatic carbocycles. The highest BCUT2D eigenvalue weighted by molar-refractivity contribution is 5.98. The Labute approximate surface area is 211 Å². The molecule has 0 aliphatic heterocycles. The van der Waals surface area contributed by atoms with Gasteiger partial charge in [-0.2, -0.15) is 5.26 Å². The topological polar surface area (TPSA) is 78.2 Å². The molecule has 0 aliphatic rings. The number of aromatic nitrogens is 1. The van der Waals surface area contributed by atoms with Crippen LogP contribution in [0.4, 0.5) is 15.8 Å². The Kier molecular flexibility index (Phi) is 3.87. The van der Waals surface area contributed by atoms with Crippen LogP contribution in [0, 0.1) is 24.1 Å². The molecule has 2 aromatic carbocycles. The number of nitrogens with zero attached hydrogens (tertiary/aromatic N) is 3. The highest BCUT2D eigenvalue weighted by atomic mass is 19.1. The van der Waals surface area contributed by atoms with Crippen molar-refractivity contribution in [2.45, 2.75) is 20.2 Å². The number of benzene rings is 2. The fraction of sp³-hybridized carbons (Fsp3) is 0.269. The van der Waals surface area contributed by atoms with Crippen LogP contribution < -0.4 is 10.1 Å². The van der Waals surface area contributed by atoms with E-state index in [1.165, 1.54) is 19.1 Å². The molecule has 3 rings (SSSR count). The zero-order valence-electron chi connectivity index (χ0n) is 30.6. The number of nitrogens with one attached hydrogen (secondary N) is 1. The number of hydrogen-bond donors (Lipinski definition) is 1. The van der Waals surface area contributed by atoms with Crippen molar-refractivity contribution in [3.63, 3.8) is 0 Å². The maximum Gasteiger partial charge on any atom is 0.159 e. The Hall–Kier alpha value is -3.76. The molecule has 0 atom stereocenters. The molecular weight excluding hydrogens is 419 g/mol. The molecule has 0 saturated carbocycles. The van der Waals surface area contributed by atoms with Crippen LogP contribution in [0.25, 0.3) is 10.9 Å². The number of anilines is 2. The van der Waals surface area contributed by atoms with Gasteiger partial charge in [-0.1, -0.05) is 6.08 Å². The van der Waals surface area contributed by atoms with Crippen LogP contribution in [-0.2, 0) is 11.2 Å². The lowest BCUT2D eigenvalue weighted by molar-refractivity contribution is -0.114. The molecule has 0 amide bonds. The predicted octanol–water partition coefficient (Wildman–Crippen LogP) is 4.93. The van der Waals surface area contributed by atoms with E-state index >= 15 is 0 Å². The zero-order valence-corrected chi connectivity index (χ0v) is 17.6. The van der Waals surface area contributed by atoms with Crippen molar-refractivity contribution >= 4 is 28.1 Å². The van der Waals surface area contributed by atoms with Gasteiger partial charge in [0.1, 0.15) is 17.6 Å². The zero-order chi connectivity index (χ0) is 35.2. The third kappa shape index (κ3) is 5.93. The quantitative estimate of drug-likeness (QED) is 0.457. The number of ketones is 1. The van der Waals surface area contributed by atoms with Gasteiger partial charge in [0.05, 0.1) is 30.2 Å². The second kappa shape index (κ2) is 10.7. The fourth-order valence-corrected chi connectivity index (χ4v) is 2.88. The molecule has 0 radical (unpaired) electrons. The summed E-state index contributed by atoms with van der Waals surface area (Å²) in [7, 11) is 0.958. The van der Waals surface area contributed by atoms with Crippen molar-refractivity contribution in [2.75, 3.05) is 32.4 Å². The van der Waals surface area contributed by atoms with Gasteiger partial charge in [-0.3, -0.25) is 9.78 Å². The van der Waals surface area contributed by atoms with Crippen molar-refractivity contribution in [2.24, 2.45) is 0 Å². The van der Waals surface area contributed by atoms with Gasteiger partial charge >= 0.3 is 0 Å². The number of aryl methyl sites for hydroxylation is 1. The first-order valence-corrected chi connectivity index (χ1v) is 9.47. The predicted molar refractivity (Wildman–Crippen MR) is 128 cm³/mol. The maximum absolute atomic E-state index is 13.9. The van der Waals surface area contributed by atoms with Crippen LogP contribution in [0.15, 0.2) is 48.6 Å². The van der Waals surface area contributed by atoms with Gasteiger partial charge in [0, 0.05) is 52.7 Å². The Bertz CT molecular complexity index is 1770. The second-order valence-electron chi connectivity index (χ2n) is 6.82. The van der Waals surface area contributed by atoms with Crippen LogP contribution in [0.3, 0.4) is 0 Å². The van der Waals surface area contributed by atoms with Gasteiger partial charge in [-0.15, -0.1) is 0 Å². The number of nitriles is 1. The SMILES string of the molecule is [2H]c1nc2c([2H])c(OC([2H])([2H])C([2H])([2H])[2H])c(CC(=O)/C=C/C([2H])([2H])N(C)C([2H])([2H])[2H])c([2H])c2c(Nc2ccc(F)c(C)c2)c1C#N. The highest BCUT2D eigenvalue weighted by Gasteiger charge is 2.16. The lowest BCUT2D eigenvalue weighted by atomic mass is 10.0. The standard InChI is InChI=1S/C26H27FN4O2/c1-5-33-25-14-24-22(13-18(25)12-21(32)7-6-10-31(3)4)26(19(15-28)16-29-24)30-20-8-9-23(27)17(2)11-20/h6-9,11,13-14,16H,5,10,12H2,1-4H3,(H,29,30)/b7-6+/i1D3,3D3,5D2,10D2,13D,14D,16D.